The summed E-state index contributed by atoms with van der Waals surface area (Å²) < 4.78 is 16.8. The van der Waals surface area contributed by atoms with E-state index in [4.69, 9.17) is 13.3 Å². The van der Waals surface area contributed by atoms with Crippen LogP contribution in [0.3, 0.4) is 0 Å². The van der Waals surface area contributed by atoms with E-state index in [-0.39, 0.29) is 6.04 Å². The zero-order chi connectivity index (χ0) is 14.2. The van der Waals surface area contributed by atoms with E-state index in [2.05, 4.69) is 6.58 Å². The van der Waals surface area contributed by atoms with Crippen molar-refractivity contribution in [2.45, 2.75) is 39.3 Å². The lowest BCUT2D eigenvalue weighted by Gasteiger charge is -2.33. The fraction of sp³-hybridized carbons (Fsp3) is 0.750. The summed E-state index contributed by atoms with van der Waals surface area (Å²) in [4.78, 5) is 11.6. The first-order valence-corrected chi connectivity index (χ1v) is 8.11. The molecule has 0 saturated carbocycles. The van der Waals surface area contributed by atoms with Crippen molar-refractivity contribution in [1.82, 2.24) is 0 Å². The highest BCUT2D eigenvalue weighted by Gasteiger charge is 2.48. The molecule has 0 fully saturated rings. The quantitative estimate of drug-likeness (QED) is 0.484. The van der Waals surface area contributed by atoms with Crippen molar-refractivity contribution in [1.29, 1.82) is 0 Å². The number of aliphatic hydroxyl groups is 1. The molecule has 18 heavy (non-hydrogen) atoms. The van der Waals surface area contributed by atoms with Crippen molar-refractivity contribution in [2.75, 3.05) is 19.8 Å². The zero-order valence-corrected chi connectivity index (χ0v) is 12.7. The van der Waals surface area contributed by atoms with Gasteiger partial charge in [0.05, 0.1) is 6.04 Å². The fourth-order valence-corrected chi connectivity index (χ4v) is 4.56. The molecular formula is C12H24O5Si. The van der Waals surface area contributed by atoms with Crippen molar-refractivity contribution in [3.05, 3.63) is 12.7 Å². The summed E-state index contributed by atoms with van der Waals surface area (Å²) in [5, 5.41) is 10.2. The van der Waals surface area contributed by atoms with Crippen LogP contribution in [0.2, 0.25) is 6.04 Å². The first-order chi connectivity index (χ1) is 8.37. The Kier molecular flexibility index (Phi) is 7.57. The van der Waals surface area contributed by atoms with E-state index in [1.165, 1.54) is 6.92 Å². The smallest absolute Gasteiger partial charge is 0.382 e. The summed E-state index contributed by atoms with van der Waals surface area (Å²) in [7, 11) is -3.03. The average Bonchev–Trinajstić information content (AvgIpc) is 2.28. The van der Waals surface area contributed by atoms with Gasteiger partial charge in [-0.3, -0.25) is 4.79 Å². The maximum atomic E-state index is 11.6. The standard InChI is InChI=1S/C12H24O5Si/c1-6-11(13)12(5,14)10-18(15-7-2,16-8-3)17-9-4/h6,14H,1,7-10H2,2-5H3. The van der Waals surface area contributed by atoms with Crippen LogP contribution in [-0.4, -0.2) is 45.1 Å². The van der Waals surface area contributed by atoms with Crippen molar-refractivity contribution >= 4 is 14.6 Å². The molecule has 0 heterocycles. The zero-order valence-electron chi connectivity index (χ0n) is 11.7. The SMILES string of the molecule is C=CC(=O)C(C)(O)C[Si](OCC)(OCC)OCC. The molecule has 0 aromatic heterocycles. The van der Waals surface area contributed by atoms with E-state index in [1.54, 1.807) is 0 Å². The highest BCUT2D eigenvalue weighted by molar-refractivity contribution is 6.61. The van der Waals surface area contributed by atoms with Gasteiger partial charge in [-0.15, -0.1) is 0 Å². The van der Waals surface area contributed by atoms with Crippen LogP contribution < -0.4 is 0 Å². The third-order valence-electron chi connectivity index (χ3n) is 2.37. The summed E-state index contributed by atoms with van der Waals surface area (Å²) in [6.07, 6.45) is 1.10. The Morgan fingerprint density at radius 1 is 1.22 bits per heavy atom. The normalized spacial score (nSPS) is 15.2. The molecule has 0 saturated heterocycles. The number of rotatable bonds is 10. The minimum Gasteiger partial charge on any atom is -0.382 e. The Morgan fingerprint density at radius 3 is 1.89 bits per heavy atom. The van der Waals surface area contributed by atoms with E-state index in [1.807, 2.05) is 20.8 Å². The number of hydrogen-bond acceptors (Lipinski definition) is 5. The monoisotopic (exact) mass is 276 g/mol. The van der Waals surface area contributed by atoms with Crippen molar-refractivity contribution < 1.29 is 23.2 Å². The molecule has 0 aliphatic heterocycles. The summed E-state index contributed by atoms with van der Waals surface area (Å²) in [5.41, 5.74) is -1.58. The molecule has 0 aromatic rings. The topological polar surface area (TPSA) is 65.0 Å². The second-order valence-electron chi connectivity index (χ2n) is 4.00. The number of carbonyl (C=O) groups excluding carboxylic acids is 1. The summed E-state index contributed by atoms with van der Waals surface area (Å²) in [6.45, 7) is 11.5. The number of ketones is 1. The molecule has 5 nitrogen and oxygen atoms in total. The first kappa shape index (κ1) is 17.5. The van der Waals surface area contributed by atoms with E-state index in [0.717, 1.165) is 6.08 Å². The molecule has 1 N–H and O–H groups in total. The van der Waals surface area contributed by atoms with Crippen LogP contribution in [0, 0.1) is 0 Å². The van der Waals surface area contributed by atoms with Crippen LogP contribution >= 0.6 is 0 Å². The van der Waals surface area contributed by atoms with Gasteiger partial charge >= 0.3 is 8.80 Å². The van der Waals surface area contributed by atoms with Crippen LogP contribution in [0.1, 0.15) is 27.7 Å². The highest BCUT2D eigenvalue weighted by Crippen LogP contribution is 2.25. The van der Waals surface area contributed by atoms with Gasteiger partial charge in [0.1, 0.15) is 5.60 Å². The third kappa shape index (κ3) is 4.99. The maximum Gasteiger partial charge on any atom is 0.504 e. The predicted octanol–water partition coefficient (Wildman–Crippen LogP) is 1.54. The molecule has 1 atom stereocenters. The van der Waals surface area contributed by atoms with E-state index in [0.29, 0.717) is 19.8 Å². The van der Waals surface area contributed by atoms with E-state index in [9.17, 15) is 9.90 Å². The van der Waals surface area contributed by atoms with Gasteiger partial charge in [-0.05, 0) is 33.8 Å². The molecule has 0 aromatic carbocycles. The highest BCUT2D eigenvalue weighted by atomic mass is 28.4. The Hall–Kier alpha value is -0.533. The van der Waals surface area contributed by atoms with Gasteiger partial charge in [-0.25, -0.2) is 0 Å². The van der Waals surface area contributed by atoms with Crippen LogP contribution in [0.4, 0.5) is 0 Å². The van der Waals surface area contributed by atoms with Crippen LogP contribution in [0.5, 0.6) is 0 Å². The number of carbonyl (C=O) groups is 1. The predicted molar refractivity (Wildman–Crippen MR) is 71.3 cm³/mol. The fourth-order valence-electron chi connectivity index (χ4n) is 1.67. The molecule has 0 spiro atoms. The van der Waals surface area contributed by atoms with Gasteiger partial charge in [0.25, 0.3) is 0 Å². The second kappa shape index (κ2) is 7.80. The molecule has 106 valence electrons. The minimum absolute atomic E-state index is 0.0281. The van der Waals surface area contributed by atoms with E-state index >= 15 is 0 Å². The lowest BCUT2D eigenvalue weighted by atomic mass is 10.0. The van der Waals surface area contributed by atoms with Gasteiger partial charge in [0.2, 0.25) is 0 Å². The minimum atomic E-state index is -3.03. The summed E-state index contributed by atoms with van der Waals surface area (Å²) in [6, 6.07) is 0.0281. The Balaban J connectivity index is 5.05. The lowest BCUT2D eigenvalue weighted by Crippen LogP contribution is -2.53. The van der Waals surface area contributed by atoms with Crippen LogP contribution in [0.15, 0.2) is 12.7 Å². The van der Waals surface area contributed by atoms with Gasteiger partial charge in [0.15, 0.2) is 5.78 Å². The summed E-state index contributed by atoms with van der Waals surface area (Å²) >= 11 is 0. The molecule has 0 radical (unpaired) electrons. The Morgan fingerprint density at radius 2 is 1.61 bits per heavy atom. The van der Waals surface area contributed by atoms with Gasteiger partial charge in [-0.2, -0.15) is 0 Å². The Bertz CT molecular complexity index is 261. The van der Waals surface area contributed by atoms with Gasteiger partial charge < -0.3 is 18.4 Å². The Labute approximate surface area is 110 Å². The van der Waals surface area contributed by atoms with Gasteiger partial charge in [-0.1, -0.05) is 6.58 Å². The maximum absolute atomic E-state index is 11.6. The van der Waals surface area contributed by atoms with E-state index < -0.39 is 20.2 Å². The second-order valence-corrected chi connectivity index (χ2v) is 6.59. The molecule has 1 unspecified atom stereocenters. The third-order valence-corrected chi connectivity index (χ3v) is 5.68. The lowest BCUT2D eigenvalue weighted by molar-refractivity contribution is -0.130. The molecule has 0 bridgehead atoms. The summed E-state index contributed by atoms with van der Waals surface area (Å²) in [5.74, 6) is -0.460. The molecule has 0 amide bonds. The van der Waals surface area contributed by atoms with Crippen LogP contribution in [-0.2, 0) is 18.1 Å². The average molecular weight is 276 g/mol. The van der Waals surface area contributed by atoms with Crippen LogP contribution in [0.25, 0.3) is 0 Å². The number of hydrogen-bond donors (Lipinski definition) is 1. The molecule has 6 heteroatoms. The molecule has 0 aliphatic carbocycles. The van der Waals surface area contributed by atoms with Crippen molar-refractivity contribution in [3.8, 4) is 0 Å². The molecule has 0 aliphatic rings. The largest absolute Gasteiger partial charge is 0.504 e. The van der Waals surface area contributed by atoms with Crippen molar-refractivity contribution in [2.24, 2.45) is 0 Å². The molecule has 0 rings (SSSR count). The van der Waals surface area contributed by atoms with Crippen molar-refractivity contribution in [3.63, 3.8) is 0 Å². The first-order valence-electron chi connectivity index (χ1n) is 6.18. The molecular weight excluding hydrogens is 252 g/mol. The van der Waals surface area contributed by atoms with Gasteiger partial charge in [0, 0.05) is 19.8 Å².